The van der Waals surface area contributed by atoms with Gasteiger partial charge >= 0.3 is 0 Å². The van der Waals surface area contributed by atoms with Crippen LogP contribution in [0.3, 0.4) is 0 Å². The molecule has 0 saturated carbocycles. The highest BCUT2D eigenvalue weighted by Crippen LogP contribution is 2.09. The number of hydrogen-bond acceptors (Lipinski definition) is 3. The summed E-state index contributed by atoms with van der Waals surface area (Å²) in [5.74, 6) is 0. The number of fused-ring (bicyclic) bond motifs is 1. The molecule has 0 N–H and O–H groups in total. The lowest BCUT2D eigenvalue weighted by Gasteiger charge is -2.32. The normalized spacial score (nSPS) is 18.2. The van der Waals surface area contributed by atoms with Gasteiger partial charge in [-0.05, 0) is 25.6 Å². The first kappa shape index (κ1) is 12.6. The summed E-state index contributed by atoms with van der Waals surface area (Å²) in [7, 11) is 2.20. The number of aromatic nitrogens is 2. The first-order valence-electron chi connectivity index (χ1n) is 7.06. The molecule has 1 fully saturated rings. The number of aryl methyl sites for hydroxylation is 1. The van der Waals surface area contributed by atoms with E-state index < -0.39 is 0 Å². The summed E-state index contributed by atoms with van der Waals surface area (Å²) < 4.78 is 2.13. The molecule has 3 rings (SSSR count). The van der Waals surface area contributed by atoms with Gasteiger partial charge in [0.15, 0.2) is 0 Å². The molecule has 0 aliphatic carbocycles. The van der Waals surface area contributed by atoms with Crippen LogP contribution in [-0.4, -0.2) is 59.0 Å². The van der Waals surface area contributed by atoms with Crippen LogP contribution in [0, 0.1) is 6.92 Å². The maximum Gasteiger partial charge on any atom is 0.136 e. The second-order valence-electron chi connectivity index (χ2n) is 5.60. The Kier molecular flexibility index (Phi) is 3.53. The van der Waals surface area contributed by atoms with Crippen LogP contribution < -0.4 is 0 Å². The Morgan fingerprint density at radius 3 is 2.68 bits per heavy atom. The zero-order valence-corrected chi connectivity index (χ0v) is 11.8. The molecule has 0 atom stereocenters. The predicted molar refractivity (Wildman–Crippen MR) is 77.6 cm³/mol. The number of piperazine rings is 1. The molecule has 102 valence electrons. The third-order valence-corrected chi connectivity index (χ3v) is 3.93. The van der Waals surface area contributed by atoms with Crippen LogP contribution in [0.1, 0.15) is 11.3 Å². The van der Waals surface area contributed by atoms with Gasteiger partial charge in [-0.15, -0.1) is 0 Å². The maximum atomic E-state index is 4.68. The van der Waals surface area contributed by atoms with Crippen molar-refractivity contribution in [1.29, 1.82) is 0 Å². The number of pyridine rings is 1. The van der Waals surface area contributed by atoms with E-state index >= 15 is 0 Å². The highest BCUT2D eigenvalue weighted by atomic mass is 15.2. The van der Waals surface area contributed by atoms with Crippen molar-refractivity contribution in [3.63, 3.8) is 0 Å². The van der Waals surface area contributed by atoms with Gasteiger partial charge in [-0.3, -0.25) is 0 Å². The summed E-state index contributed by atoms with van der Waals surface area (Å²) in [4.78, 5) is 9.61. The Balaban J connectivity index is 1.62. The standard InChI is InChI=1S/C15H22N4/c1-13-3-4-15-16-14(12-19(15)11-13)5-6-18-9-7-17(2)8-10-18/h3-4,11-12H,5-10H2,1-2H3. The molecule has 0 spiro atoms. The minimum Gasteiger partial charge on any atom is -0.307 e. The van der Waals surface area contributed by atoms with Crippen molar-refractivity contribution in [3.8, 4) is 0 Å². The third-order valence-electron chi connectivity index (χ3n) is 3.93. The Morgan fingerprint density at radius 1 is 1.11 bits per heavy atom. The minimum absolute atomic E-state index is 1.05. The van der Waals surface area contributed by atoms with E-state index in [1.165, 1.54) is 37.4 Å². The Hall–Kier alpha value is -1.39. The zero-order valence-electron chi connectivity index (χ0n) is 11.8. The Bertz CT molecular complexity index is 552. The van der Waals surface area contributed by atoms with E-state index in [-0.39, 0.29) is 0 Å². The van der Waals surface area contributed by atoms with Gasteiger partial charge in [-0.2, -0.15) is 0 Å². The quantitative estimate of drug-likeness (QED) is 0.832. The van der Waals surface area contributed by atoms with Gasteiger partial charge in [0.1, 0.15) is 5.65 Å². The van der Waals surface area contributed by atoms with E-state index in [0.717, 1.165) is 18.6 Å². The lowest BCUT2D eigenvalue weighted by Crippen LogP contribution is -2.45. The molecule has 0 unspecified atom stereocenters. The first-order chi connectivity index (χ1) is 9.20. The average Bonchev–Trinajstić information content (AvgIpc) is 2.80. The summed E-state index contributed by atoms with van der Waals surface area (Å²) in [5, 5.41) is 0. The molecular weight excluding hydrogens is 236 g/mol. The molecule has 0 amide bonds. The van der Waals surface area contributed by atoms with Crippen LogP contribution in [0.5, 0.6) is 0 Å². The van der Waals surface area contributed by atoms with Gasteiger partial charge in [0.2, 0.25) is 0 Å². The fourth-order valence-electron chi connectivity index (χ4n) is 2.62. The molecule has 4 nitrogen and oxygen atoms in total. The second kappa shape index (κ2) is 5.31. The number of rotatable bonds is 3. The van der Waals surface area contributed by atoms with Crippen molar-refractivity contribution in [1.82, 2.24) is 19.2 Å². The monoisotopic (exact) mass is 258 g/mol. The van der Waals surface area contributed by atoms with Gasteiger partial charge in [-0.25, -0.2) is 4.98 Å². The fourth-order valence-corrected chi connectivity index (χ4v) is 2.62. The van der Waals surface area contributed by atoms with Crippen LogP contribution in [0.15, 0.2) is 24.5 Å². The van der Waals surface area contributed by atoms with Crippen molar-refractivity contribution >= 4 is 5.65 Å². The van der Waals surface area contributed by atoms with Gasteiger partial charge in [-0.1, -0.05) is 6.07 Å². The smallest absolute Gasteiger partial charge is 0.136 e. The minimum atomic E-state index is 1.05. The van der Waals surface area contributed by atoms with Crippen LogP contribution in [0.4, 0.5) is 0 Å². The fraction of sp³-hybridized carbons (Fsp3) is 0.533. The molecule has 1 saturated heterocycles. The van der Waals surface area contributed by atoms with Crippen molar-refractivity contribution < 1.29 is 0 Å². The lowest BCUT2D eigenvalue weighted by atomic mass is 10.2. The molecule has 1 aliphatic heterocycles. The van der Waals surface area contributed by atoms with Crippen molar-refractivity contribution in [2.24, 2.45) is 0 Å². The SMILES string of the molecule is Cc1ccc2nc(CCN3CCN(C)CC3)cn2c1. The zero-order chi connectivity index (χ0) is 13.2. The van der Waals surface area contributed by atoms with E-state index in [1.54, 1.807) is 0 Å². The molecule has 2 aromatic heterocycles. The molecule has 1 aliphatic rings. The topological polar surface area (TPSA) is 23.8 Å². The maximum absolute atomic E-state index is 4.68. The van der Waals surface area contributed by atoms with E-state index in [2.05, 4.69) is 57.7 Å². The lowest BCUT2D eigenvalue weighted by molar-refractivity contribution is 0.155. The molecule has 19 heavy (non-hydrogen) atoms. The molecule has 0 bridgehead atoms. The summed E-state index contributed by atoms with van der Waals surface area (Å²) in [5.41, 5.74) is 3.53. The molecule has 0 aromatic carbocycles. The average molecular weight is 258 g/mol. The second-order valence-corrected chi connectivity index (χ2v) is 5.60. The molecule has 0 radical (unpaired) electrons. The summed E-state index contributed by atoms with van der Waals surface area (Å²) in [6.07, 6.45) is 5.35. The van der Waals surface area contributed by atoms with E-state index in [1.807, 2.05) is 0 Å². The van der Waals surface area contributed by atoms with Crippen molar-refractivity contribution in [3.05, 3.63) is 35.8 Å². The van der Waals surface area contributed by atoms with E-state index in [9.17, 15) is 0 Å². The number of imidazole rings is 1. The van der Waals surface area contributed by atoms with Gasteiger partial charge < -0.3 is 14.2 Å². The van der Waals surface area contributed by atoms with Crippen LogP contribution in [-0.2, 0) is 6.42 Å². The van der Waals surface area contributed by atoms with Gasteiger partial charge in [0.05, 0.1) is 5.69 Å². The first-order valence-corrected chi connectivity index (χ1v) is 7.06. The Morgan fingerprint density at radius 2 is 1.89 bits per heavy atom. The predicted octanol–water partition coefficient (Wildman–Crippen LogP) is 1.43. The van der Waals surface area contributed by atoms with Crippen molar-refractivity contribution in [2.45, 2.75) is 13.3 Å². The summed E-state index contributed by atoms with van der Waals surface area (Å²) >= 11 is 0. The van der Waals surface area contributed by atoms with Gasteiger partial charge in [0, 0.05) is 51.5 Å². The number of hydrogen-bond donors (Lipinski definition) is 0. The molecule has 2 aromatic rings. The highest BCUT2D eigenvalue weighted by molar-refractivity contribution is 5.41. The Labute approximate surface area is 114 Å². The molecule has 4 heteroatoms. The van der Waals surface area contributed by atoms with Crippen molar-refractivity contribution in [2.75, 3.05) is 39.8 Å². The largest absolute Gasteiger partial charge is 0.307 e. The van der Waals surface area contributed by atoms with E-state index in [4.69, 9.17) is 0 Å². The highest BCUT2D eigenvalue weighted by Gasteiger charge is 2.13. The van der Waals surface area contributed by atoms with Crippen LogP contribution in [0.2, 0.25) is 0 Å². The summed E-state index contributed by atoms with van der Waals surface area (Å²) in [6.45, 7) is 7.97. The third kappa shape index (κ3) is 2.96. The number of nitrogens with zero attached hydrogens (tertiary/aromatic N) is 4. The van der Waals surface area contributed by atoms with Crippen LogP contribution in [0.25, 0.3) is 5.65 Å². The molecule has 3 heterocycles. The number of likely N-dealkylation sites (N-methyl/N-ethyl adjacent to an activating group) is 1. The van der Waals surface area contributed by atoms with Gasteiger partial charge in [0.25, 0.3) is 0 Å². The summed E-state index contributed by atoms with van der Waals surface area (Å²) in [6, 6.07) is 4.21. The van der Waals surface area contributed by atoms with E-state index in [0.29, 0.717) is 0 Å². The van der Waals surface area contributed by atoms with Crippen LogP contribution >= 0.6 is 0 Å². The molecular formula is C15H22N4.